The van der Waals surface area contributed by atoms with Crippen molar-refractivity contribution in [2.45, 2.75) is 19.4 Å². The van der Waals surface area contributed by atoms with Gasteiger partial charge in [-0.05, 0) is 37.1 Å². The van der Waals surface area contributed by atoms with E-state index in [1.807, 2.05) is 19.1 Å². The van der Waals surface area contributed by atoms with Crippen molar-refractivity contribution in [3.05, 3.63) is 45.5 Å². The highest BCUT2D eigenvalue weighted by Crippen LogP contribution is 2.24. The van der Waals surface area contributed by atoms with Gasteiger partial charge in [-0.1, -0.05) is 28.4 Å². The van der Waals surface area contributed by atoms with Gasteiger partial charge < -0.3 is 9.26 Å². The molecular weight excluding hydrogens is 325 g/mol. The third-order valence-corrected chi connectivity index (χ3v) is 4.11. The van der Waals surface area contributed by atoms with Gasteiger partial charge in [-0.3, -0.25) is 4.90 Å². The molecule has 22 heavy (non-hydrogen) atoms. The van der Waals surface area contributed by atoms with E-state index in [9.17, 15) is 0 Å². The maximum atomic E-state index is 6.05. The van der Waals surface area contributed by atoms with Crippen molar-refractivity contribution in [1.82, 2.24) is 15.0 Å². The SMILES string of the molecule is Cc1noc(C2COCCN2CCc2cc(Cl)cc(Cl)c2)n1. The number of hydrogen-bond donors (Lipinski definition) is 0. The third-order valence-electron chi connectivity index (χ3n) is 3.68. The smallest absolute Gasteiger partial charge is 0.246 e. The van der Waals surface area contributed by atoms with Crippen LogP contribution in [0.5, 0.6) is 0 Å². The van der Waals surface area contributed by atoms with Gasteiger partial charge >= 0.3 is 0 Å². The molecule has 0 N–H and O–H groups in total. The topological polar surface area (TPSA) is 51.4 Å². The number of morpholine rings is 1. The Hall–Kier alpha value is -1.14. The van der Waals surface area contributed by atoms with E-state index >= 15 is 0 Å². The second-order valence-electron chi connectivity index (χ2n) is 5.33. The molecule has 1 atom stereocenters. The Labute approximate surface area is 139 Å². The van der Waals surface area contributed by atoms with Gasteiger partial charge in [0.15, 0.2) is 5.82 Å². The maximum absolute atomic E-state index is 6.05. The molecule has 5 nitrogen and oxygen atoms in total. The van der Waals surface area contributed by atoms with Crippen LogP contribution in [-0.2, 0) is 11.2 Å². The van der Waals surface area contributed by atoms with Crippen LogP contribution in [0.4, 0.5) is 0 Å². The number of nitrogens with zero attached hydrogens (tertiary/aromatic N) is 3. The predicted molar refractivity (Wildman–Crippen MR) is 84.3 cm³/mol. The summed E-state index contributed by atoms with van der Waals surface area (Å²) in [5, 5.41) is 5.19. The van der Waals surface area contributed by atoms with Crippen LogP contribution in [0.2, 0.25) is 10.0 Å². The summed E-state index contributed by atoms with van der Waals surface area (Å²) in [4.78, 5) is 6.62. The van der Waals surface area contributed by atoms with Crippen LogP contribution < -0.4 is 0 Å². The molecule has 3 rings (SSSR count). The molecule has 1 aromatic carbocycles. The third kappa shape index (κ3) is 3.79. The number of rotatable bonds is 4. The Morgan fingerprint density at radius 1 is 1.27 bits per heavy atom. The zero-order valence-corrected chi connectivity index (χ0v) is 13.8. The molecule has 118 valence electrons. The summed E-state index contributed by atoms with van der Waals surface area (Å²) in [5.41, 5.74) is 1.12. The molecule has 0 spiro atoms. The molecule has 1 saturated heterocycles. The molecule has 2 aromatic rings. The quantitative estimate of drug-likeness (QED) is 0.853. The van der Waals surface area contributed by atoms with E-state index in [1.54, 1.807) is 6.07 Å². The molecule has 0 amide bonds. The number of aryl methyl sites for hydroxylation is 1. The van der Waals surface area contributed by atoms with Gasteiger partial charge in [-0.25, -0.2) is 0 Å². The average Bonchev–Trinajstić information content (AvgIpc) is 2.91. The van der Waals surface area contributed by atoms with Crippen LogP contribution in [0.3, 0.4) is 0 Å². The number of ether oxygens (including phenoxy) is 1. The zero-order chi connectivity index (χ0) is 15.5. The first-order valence-corrected chi connectivity index (χ1v) is 7.94. The number of halogens is 2. The van der Waals surface area contributed by atoms with Crippen LogP contribution in [0, 0.1) is 6.92 Å². The lowest BCUT2D eigenvalue weighted by Crippen LogP contribution is -2.40. The molecule has 0 radical (unpaired) electrons. The molecule has 0 saturated carbocycles. The predicted octanol–water partition coefficient (Wildman–Crippen LogP) is 3.30. The first kappa shape index (κ1) is 15.7. The van der Waals surface area contributed by atoms with Crippen molar-refractivity contribution in [2.24, 2.45) is 0 Å². The molecule has 1 fully saturated rings. The molecular formula is C15H17Cl2N3O2. The van der Waals surface area contributed by atoms with Crippen molar-refractivity contribution in [3.8, 4) is 0 Å². The number of hydrogen-bond acceptors (Lipinski definition) is 5. The minimum atomic E-state index is 0.00426. The van der Waals surface area contributed by atoms with Gasteiger partial charge in [0.1, 0.15) is 6.04 Å². The summed E-state index contributed by atoms with van der Waals surface area (Å²) in [5.74, 6) is 1.25. The Bertz CT molecular complexity index is 627. The monoisotopic (exact) mass is 341 g/mol. The standard InChI is InChI=1S/C15H17Cl2N3O2/c1-10-18-15(22-19-10)14-9-21-5-4-20(14)3-2-11-6-12(16)8-13(17)7-11/h6-8,14H,2-5,9H2,1H3. The number of benzene rings is 1. The van der Waals surface area contributed by atoms with E-state index in [-0.39, 0.29) is 6.04 Å². The summed E-state index contributed by atoms with van der Waals surface area (Å²) in [6.07, 6.45) is 0.851. The average molecular weight is 342 g/mol. The highest BCUT2D eigenvalue weighted by atomic mass is 35.5. The molecule has 1 unspecified atom stereocenters. The molecule has 1 aliphatic heterocycles. The van der Waals surface area contributed by atoms with Gasteiger partial charge in [-0.15, -0.1) is 0 Å². The van der Waals surface area contributed by atoms with Crippen LogP contribution in [-0.4, -0.2) is 41.3 Å². The minimum absolute atomic E-state index is 0.00426. The molecule has 0 aliphatic carbocycles. The first-order chi connectivity index (χ1) is 10.6. The van der Waals surface area contributed by atoms with Gasteiger partial charge in [0.2, 0.25) is 5.89 Å². The summed E-state index contributed by atoms with van der Waals surface area (Å²) in [7, 11) is 0. The summed E-state index contributed by atoms with van der Waals surface area (Å²) < 4.78 is 10.9. The van der Waals surface area contributed by atoms with E-state index in [0.29, 0.717) is 35.0 Å². The van der Waals surface area contributed by atoms with Crippen LogP contribution in [0.1, 0.15) is 23.3 Å². The highest BCUT2D eigenvalue weighted by Gasteiger charge is 2.28. The lowest BCUT2D eigenvalue weighted by atomic mass is 10.1. The Balaban J connectivity index is 1.69. The molecule has 1 aromatic heterocycles. The van der Waals surface area contributed by atoms with Crippen molar-refractivity contribution < 1.29 is 9.26 Å². The van der Waals surface area contributed by atoms with Crippen LogP contribution >= 0.6 is 23.2 Å². The fourth-order valence-electron chi connectivity index (χ4n) is 2.61. The minimum Gasteiger partial charge on any atom is -0.378 e. The highest BCUT2D eigenvalue weighted by molar-refractivity contribution is 6.34. The first-order valence-electron chi connectivity index (χ1n) is 7.19. The summed E-state index contributed by atoms with van der Waals surface area (Å²) in [6.45, 7) is 4.78. The summed E-state index contributed by atoms with van der Waals surface area (Å²) >= 11 is 12.1. The molecule has 0 bridgehead atoms. The Morgan fingerprint density at radius 2 is 2.05 bits per heavy atom. The van der Waals surface area contributed by atoms with Gasteiger partial charge in [0.25, 0.3) is 0 Å². The normalized spacial score (nSPS) is 19.5. The fraction of sp³-hybridized carbons (Fsp3) is 0.467. The largest absolute Gasteiger partial charge is 0.378 e. The van der Waals surface area contributed by atoms with E-state index in [0.717, 1.165) is 25.1 Å². The van der Waals surface area contributed by atoms with Crippen molar-refractivity contribution >= 4 is 23.2 Å². The lowest BCUT2D eigenvalue weighted by molar-refractivity contribution is -0.0193. The second kappa shape index (κ2) is 6.96. The van der Waals surface area contributed by atoms with Gasteiger partial charge in [0, 0.05) is 23.1 Å². The Morgan fingerprint density at radius 3 is 2.73 bits per heavy atom. The zero-order valence-electron chi connectivity index (χ0n) is 12.3. The van der Waals surface area contributed by atoms with E-state index < -0.39 is 0 Å². The van der Waals surface area contributed by atoms with Crippen LogP contribution in [0.25, 0.3) is 0 Å². The van der Waals surface area contributed by atoms with Crippen LogP contribution in [0.15, 0.2) is 22.7 Å². The van der Waals surface area contributed by atoms with Gasteiger partial charge in [-0.2, -0.15) is 4.98 Å². The summed E-state index contributed by atoms with van der Waals surface area (Å²) in [6, 6.07) is 5.63. The number of aromatic nitrogens is 2. The van der Waals surface area contributed by atoms with E-state index in [4.69, 9.17) is 32.5 Å². The van der Waals surface area contributed by atoms with Crippen molar-refractivity contribution in [3.63, 3.8) is 0 Å². The molecule has 2 heterocycles. The second-order valence-corrected chi connectivity index (χ2v) is 6.21. The molecule has 1 aliphatic rings. The maximum Gasteiger partial charge on any atom is 0.246 e. The van der Waals surface area contributed by atoms with Crippen molar-refractivity contribution in [1.29, 1.82) is 0 Å². The van der Waals surface area contributed by atoms with Gasteiger partial charge in [0.05, 0.1) is 13.2 Å². The molecule has 7 heteroatoms. The fourth-order valence-corrected chi connectivity index (χ4v) is 3.18. The van der Waals surface area contributed by atoms with E-state index in [2.05, 4.69) is 15.0 Å². The lowest BCUT2D eigenvalue weighted by Gasteiger charge is -2.33. The van der Waals surface area contributed by atoms with Crippen molar-refractivity contribution in [2.75, 3.05) is 26.3 Å². The Kier molecular flexibility index (Phi) is 4.98. The van der Waals surface area contributed by atoms with E-state index in [1.165, 1.54) is 0 Å².